The lowest BCUT2D eigenvalue weighted by atomic mass is 10.3. The summed E-state index contributed by atoms with van der Waals surface area (Å²) in [7, 11) is 2.05. The summed E-state index contributed by atoms with van der Waals surface area (Å²) < 4.78 is 31.7. The van der Waals surface area contributed by atoms with Gasteiger partial charge < -0.3 is 10.4 Å². The van der Waals surface area contributed by atoms with Crippen LogP contribution in [0.4, 0.5) is 13.2 Å². The lowest BCUT2D eigenvalue weighted by Gasteiger charge is -2.03. The number of rotatable bonds is 1. The molecule has 0 aromatic carbocycles. The Kier molecular flexibility index (Phi) is 5.52. The van der Waals surface area contributed by atoms with Gasteiger partial charge in [0.2, 0.25) is 0 Å². The molecule has 1 aliphatic carbocycles. The summed E-state index contributed by atoms with van der Waals surface area (Å²) in [6.45, 7) is 0. The largest absolute Gasteiger partial charge is 0.490 e. The van der Waals surface area contributed by atoms with E-state index in [4.69, 9.17) is 9.90 Å². The normalized spacial score (nSPS) is 17.4. The molecule has 0 saturated heterocycles. The zero-order chi connectivity index (χ0) is 11.2. The molecule has 0 spiro atoms. The molecule has 14 heavy (non-hydrogen) atoms. The van der Waals surface area contributed by atoms with Crippen LogP contribution in [0, 0.1) is 0 Å². The maximum absolute atomic E-state index is 10.6. The number of aliphatic carboxylic acids is 1. The average Bonchev–Trinajstić information content (AvgIpc) is 2.54. The van der Waals surface area contributed by atoms with Crippen molar-refractivity contribution >= 4 is 5.97 Å². The second-order valence-electron chi connectivity index (χ2n) is 3.07. The van der Waals surface area contributed by atoms with E-state index in [2.05, 4.69) is 12.4 Å². The van der Waals surface area contributed by atoms with E-state index in [1.54, 1.807) is 0 Å². The van der Waals surface area contributed by atoms with Crippen molar-refractivity contribution in [3.05, 3.63) is 0 Å². The first-order chi connectivity index (χ1) is 6.38. The van der Waals surface area contributed by atoms with Gasteiger partial charge in [-0.1, -0.05) is 12.8 Å². The third kappa shape index (κ3) is 5.80. The third-order valence-electron chi connectivity index (χ3n) is 2.01. The molecule has 0 amide bonds. The predicted octanol–water partition coefficient (Wildman–Crippen LogP) is 1.78. The monoisotopic (exact) mass is 213 g/mol. The Bertz CT molecular complexity index is 176. The third-order valence-corrected chi connectivity index (χ3v) is 2.01. The maximum atomic E-state index is 10.6. The number of carbonyl (C=O) groups is 1. The summed E-state index contributed by atoms with van der Waals surface area (Å²) in [6, 6.07) is 0.847. The summed E-state index contributed by atoms with van der Waals surface area (Å²) in [6.07, 6.45) is 0.587. The van der Waals surface area contributed by atoms with Crippen molar-refractivity contribution in [3.8, 4) is 0 Å². The second kappa shape index (κ2) is 5.85. The summed E-state index contributed by atoms with van der Waals surface area (Å²) >= 11 is 0. The number of nitrogens with one attached hydrogen (secondary N) is 1. The van der Waals surface area contributed by atoms with E-state index in [1.807, 2.05) is 0 Å². The Balaban J connectivity index is 0.000000241. The van der Waals surface area contributed by atoms with E-state index in [0.29, 0.717) is 0 Å². The first kappa shape index (κ1) is 13.2. The maximum Gasteiger partial charge on any atom is 0.490 e. The highest BCUT2D eigenvalue weighted by Gasteiger charge is 2.38. The molecule has 0 bridgehead atoms. The first-order valence-corrected chi connectivity index (χ1v) is 4.35. The number of carboxylic acids is 1. The van der Waals surface area contributed by atoms with Gasteiger partial charge in [0, 0.05) is 6.04 Å². The SMILES string of the molecule is CNC1CCCC1.O=C(O)C(F)(F)F. The lowest BCUT2D eigenvalue weighted by molar-refractivity contribution is -0.192. The molecule has 0 unspecified atom stereocenters. The number of hydrogen-bond acceptors (Lipinski definition) is 2. The van der Waals surface area contributed by atoms with E-state index >= 15 is 0 Å². The highest BCUT2D eigenvalue weighted by Crippen LogP contribution is 2.16. The van der Waals surface area contributed by atoms with Crippen molar-refractivity contribution in [2.24, 2.45) is 0 Å². The smallest absolute Gasteiger partial charge is 0.475 e. The van der Waals surface area contributed by atoms with Crippen LogP contribution in [-0.4, -0.2) is 30.3 Å². The van der Waals surface area contributed by atoms with Crippen molar-refractivity contribution in [3.63, 3.8) is 0 Å². The average molecular weight is 213 g/mol. The minimum atomic E-state index is -5.08. The number of alkyl halides is 3. The van der Waals surface area contributed by atoms with Crippen LogP contribution in [0.5, 0.6) is 0 Å². The van der Waals surface area contributed by atoms with Gasteiger partial charge in [0.25, 0.3) is 0 Å². The Morgan fingerprint density at radius 2 is 1.71 bits per heavy atom. The Morgan fingerprint density at radius 3 is 1.86 bits per heavy atom. The second-order valence-corrected chi connectivity index (χ2v) is 3.07. The van der Waals surface area contributed by atoms with Gasteiger partial charge >= 0.3 is 12.1 Å². The molecule has 1 rings (SSSR count). The van der Waals surface area contributed by atoms with E-state index in [1.165, 1.54) is 25.7 Å². The van der Waals surface area contributed by atoms with E-state index < -0.39 is 12.1 Å². The molecule has 84 valence electrons. The molecular weight excluding hydrogens is 199 g/mol. The highest BCUT2D eigenvalue weighted by atomic mass is 19.4. The zero-order valence-electron chi connectivity index (χ0n) is 7.90. The van der Waals surface area contributed by atoms with Crippen LogP contribution in [0.15, 0.2) is 0 Å². The van der Waals surface area contributed by atoms with E-state index in [0.717, 1.165) is 6.04 Å². The van der Waals surface area contributed by atoms with Crippen LogP contribution in [0.25, 0.3) is 0 Å². The van der Waals surface area contributed by atoms with Gasteiger partial charge in [0.15, 0.2) is 0 Å². The van der Waals surface area contributed by atoms with Gasteiger partial charge in [-0.2, -0.15) is 13.2 Å². The van der Waals surface area contributed by atoms with Crippen LogP contribution >= 0.6 is 0 Å². The molecule has 0 aliphatic heterocycles. The molecule has 3 nitrogen and oxygen atoms in total. The molecular formula is C8H14F3NO2. The van der Waals surface area contributed by atoms with Crippen LogP contribution in [0.1, 0.15) is 25.7 Å². The number of halogens is 3. The standard InChI is InChI=1S/C6H13N.C2HF3O2/c1-7-6-4-2-3-5-6;3-2(4,5)1(6)7/h6-7H,2-5H2,1H3;(H,6,7). The molecule has 1 saturated carbocycles. The van der Waals surface area contributed by atoms with Gasteiger partial charge in [-0.3, -0.25) is 0 Å². The molecule has 0 aromatic rings. The Hall–Kier alpha value is -0.780. The van der Waals surface area contributed by atoms with Crippen molar-refractivity contribution in [2.45, 2.75) is 37.9 Å². The van der Waals surface area contributed by atoms with Crippen molar-refractivity contribution in [1.29, 1.82) is 0 Å². The van der Waals surface area contributed by atoms with Crippen LogP contribution in [0.2, 0.25) is 0 Å². The molecule has 0 heterocycles. The van der Waals surface area contributed by atoms with Crippen molar-refractivity contribution in [2.75, 3.05) is 7.05 Å². The van der Waals surface area contributed by atoms with Crippen LogP contribution in [0.3, 0.4) is 0 Å². The van der Waals surface area contributed by atoms with Crippen LogP contribution < -0.4 is 5.32 Å². The Labute approximate surface area is 80.3 Å². The summed E-state index contributed by atoms with van der Waals surface area (Å²) in [5.74, 6) is -2.76. The van der Waals surface area contributed by atoms with Crippen molar-refractivity contribution in [1.82, 2.24) is 5.32 Å². The molecule has 2 N–H and O–H groups in total. The minimum absolute atomic E-state index is 0.847. The topological polar surface area (TPSA) is 49.3 Å². The van der Waals surface area contributed by atoms with Crippen molar-refractivity contribution < 1.29 is 23.1 Å². The zero-order valence-corrected chi connectivity index (χ0v) is 7.90. The van der Waals surface area contributed by atoms with E-state index in [9.17, 15) is 13.2 Å². The predicted molar refractivity (Wildman–Crippen MR) is 45.0 cm³/mol. The lowest BCUT2D eigenvalue weighted by Crippen LogP contribution is -2.21. The number of hydrogen-bond donors (Lipinski definition) is 2. The molecule has 1 aliphatic rings. The fraction of sp³-hybridized carbons (Fsp3) is 0.875. The summed E-state index contributed by atoms with van der Waals surface area (Å²) in [5, 5.41) is 10.4. The summed E-state index contributed by atoms with van der Waals surface area (Å²) in [4.78, 5) is 8.90. The first-order valence-electron chi connectivity index (χ1n) is 4.35. The molecule has 6 heteroatoms. The van der Waals surface area contributed by atoms with Gasteiger partial charge in [-0.25, -0.2) is 4.79 Å². The number of carboxylic acid groups (broad SMARTS) is 1. The molecule has 0 aromatic heterocycles. The van der Waals surface area contributed by atoms with Gasteiger partial charge in [-0.05, 0) is 19.9 Å². The molecule has 0 radical (unpaired) electrons. The molecule has 1 fully saturated rings. The summed E-state index contributed by atoms with van der Waals surface area (Å²) in [5.41, 5.74) is 0. The van der Waals surface area contributed by atoms with Crippen LogP contribution in [-0.2, 0) is 4.79 Å². The van der Waals surface area contributed by atoms with Gasteiger partial charge in [0.1, 0.15) is 0 Å². The minimum Gasteiger partial charge on any atom is -0.475 e. The quantitative estimate of drug-likeness (QED) is 0.698. The fourth-order valence-electron chi connectivity index (χ4n) is 1.21. The Morgan fingerprint density at radius 1 is 1.36 bits per heavy atom. The fourth-order valence-corrected chi connectivity index (χ4v) is 1.21. The molecule has 0 atom stereocenters. The van der Waals surface area contributed by atoms with Gasteiger partial charge in [-0.15, -0.1) is 0 Å². The van der Waals surface area contributed by atoms with Gasteiger partial charge in [0.05, 0.1) is 0 Å². The highest BCUT2D eigenvalue weighted by molar-refractivity contribution is 5.73. The van der Waals surface area contributed by atoms with E-state index in [-0.39, 0.29) is 0 Å².